The van der Waals surface area contributed by atoms with E-state index in [1.165, 1.54) is 22.4 Å². The molecule has 1 heterocycles. The Bertz CT molecular complexity index is 644. The maximum atomic E-state index is 11.6. The van der Waals surface area contributed by atoms with Crippen LogP contribution in [0.1, 0.15) is 21.6 Å². The molecule has 0 saturated carbocycles. The van der Waals surface area contributed by atoms with Crippen LogP contribution in [0, 0.1) is 6.92 Å². The Hall–Kier alpha value is -2.43. The quantitative estimate of drug-likeness (QED) is 0.901. The van der Waals surface area contributed by atoms with Gasteiger partial charge in [0.2, 0.25) is 0 Å². The van der Waals surface area contributed by atoms with Crippen LogP contribution in [0.2, 0.25) is 0 Å². The number of hydrogen-bond donors (Lipinski definition) is 1. The largest absolute Gasteiger partial charge is 0.476 e. The van der Waals surface area contributed by atoms with E-state index in [9.17, 15) is 9.59 Å². The number of carboxylic acid groups (broad SMARTS) is 1. The first kappa shape index (κ1) is 13.0. The molecule has 98 valence electrons. The molecule has 5 nitrogen and oxygen atoms in total. The summed E-state index contributed by atoms with van der Waals surface area (Å²) in [4.78, 5) is 22.4. The first-order chi connectivity index (χ1) is 9.06. The number of hydrogen-bond acceptors (Lipinski definition) is 3. The van der Waals surface area contributed by atoms with Crippen LogP contribution >= 0.6 is 0 Å². The molecule has 1 aromatic heterocycles. The lowest BCUT2D eigenvalue weighted by molar-refractivity contribution is 0.0687. The van der Waals surface area contributed by atoms with E-state index in [0.717, 1.165) is 5.56 Å². The van der Waals surface area contributed by atoms with Gasteiger partial charge < -0.3 is 5.11 Å². The summed E-state index contributed by atoms with van der Waals surface area (Å²) in [6.07, 6.45) is 0.635. The topological polar surface area (TPSA) is 72.2 Å². The summed E-state index contributed by atoms with van der Waals surface area (Å²) in [7, 11) is 0. The Kier molecular flexibility index (Phi) is 3.75. The molecule has 0 unspecified atom stereocenters. The molecule has 1 aromatic carbocycles. The minimum atomic E-state index is -1.14. The van der Waals surface area contributed by atoms with E-state index in [-0.39, 0.29) is 11.3 Å². The summed E-state index contributed by atoms with van der Waals surface area (Å²) in [6.45, 7) is 2.37. The summed E-state index contributed by atoms with van der Waals surface area (Å²) in [6, 6.07) is 10.4. The predicted molar refractivity (Wildman–Crippen MR) is 70.3 cm³/mol. The monoisotopic (exact) mass is 258 g/mol. The lowest BCUT2D eigenvalue weighted by Crippen LogP contribution is -2.25. The number of carbonyl (C=O) groups is 1. The van der Waals surface area contributed by atoms with Crippen LogP contribution in [0.15, 0.2) is 41.2 Å². The number of nitrogens with zero attached hydrogens (tertiary/aromatic N) is 2. The van der Waals surface area contributed by atoms with Crippen LogP contribution in [0.3, 0.4) is 0 Å². The van der Waals surface area contributed by atoms with Crippen molar-refractivity contribution in [3.05, 3.63) is 63.6 Å². The Morgan fingerprint density at radius 1 is 1.21 bits per heavy atom. The molecule has 0 saturated heterocycles. The highest BCUT2D eigenvalue weighted by Gasteiger charge is 2.07. The standard InChI is InChI=1S/C14H14N2O3/c1-10-2-4-11(5-3-10)8-9-16-13(17)7-6-12(15-16)14(18)19/h2-7H,8-9H2,1H3,(H,18,19). The van der Waals surface area contributed by atoms with Crippen molar-refractivity contribution in [1.29, 1.82) is 0 Å². The van der Waals surface area contributed by atoms with Gasteiger partial charge in [-0.3, -0.25) is 4.79 Å². The van der Waals surface area contributed by atoms with Crippen LogP contribution < -0.4 is 5.56 Å². The van der Waals surface area contributed by atoms with E-state index < -0.39 is 5.97 Å². The Labute approximate surface area is 110 Å². The molecular formula is C14H14N2O3. The van der Waals surface area contributed by atoms with Gasteiger partial charge in [-0.25, -0.2) is 9.48 Å². The molecule has 0 bridgehead atoms. The number of aromatic carboxylic acids is 1. The van der Waals surface area contributed by atoms with Gasteiger partial charge in [-0.2, -0.15) is 5.10 Å². The molecule has 0 radical (unpaired) electrons. The highest BCUT2D eigenvalue weighted by atomic mass is 16.4. The van der Waals surface area contributed by atoms with Crippen molar-refractivity contribution in [1.82, 2.24) is 9.78 Å². The van der Waals surface area contributed by atoms with E-state index in [1.54, 1.807) is 0 Å². The first-order valence-corrected chi connectivity index (χ1v) is 5.93. The average Bonchev–Trinajstić information content (AvgIpc) is 2.39. The van der Waals surface area contributed by atoms with E-state index in [0.29, 0.717) is 13.0 Å². The van der Waals surface area contributed by atoms with Gasteiger partial charge in [0.15, 0.2) is 5.69 Å². The van der Waals surface area contributed by atoms with Crippen molar-refractivity contribution in [2.75, 3.05) is 0 Å². The zero-order valence-electron chi connectivity index (χ0n) is 10.5. The van der Waals surface area contributed by atoms with Gasteiger partial charge in [0, 0.05) is 12.6 Å². The highest BCUT2D eigenvalue weighted by molar-refractivity contribution is 5.84. The molecule has 0 amide bonds. The smallest absolute Gasteiger partial charge is 0.356 e. The zero-order valence-corrected chi connectivity index (χ0v) is 10.5. The third kappa shape index (κ3) is 3.28. The second kappa shape index (κ2) is 5.48. The molecule has 5 heteroatoms. The lowest BCUT2D eigenvalue weighted by atomic mass is 10.1. The van der Waals surface area contributed by atoms with Crippen molar-refractivity contribution < 1.29 is 9.90 Å². The average molecular weight is 258 g/mol. The second-order valence-corrected chi connectivity index (χ2v) is 4.32. The van der Waals surface area contributed by atoms with Gasteiger partial charge in [0.25, 0.3) is 5.56 Å². The van der Waals surface area contributed by atoms with Crippen molar-refractivity contribution in [3.63, 3.8) is 0 Å². The summed E-state index contributed by atoms with van der Waals surface area (Å²) in [5.74, 6) is -1.14. The molecule has 0 aliphatic heterocycles. The SMILES string of the molecule is Cc1ccc(CCn2nc(C(=O)O)ccc2=O)cc1. The van der Waals surface area contributed by atoms with Gasteiger partial charge in [-0.15, -0.1) is 0 Å². The molecule has 1 N–H and O–H groups in total. The molecule has 0 atom stereocenters. The maximum absolute atomic E-state index is 11.6. The minimum Gasteiger partial charge on any atom is -0.476 e. The molecular weight excluding hydrogens is 244 g/mol. The normalized spacial score (nSPS) is 10.4. The zero-order chi connectivity index (χ0) is 13.8. The third-order valence-electron chi connectivity index (χ3n) is 2.82. The van der Waals surface area contributed by atoms with Gasteiger partial charge in [-0.1, -0.05) is 29.8 Å². The molecule has 2 aromatic rings. The molecule has 2 rings (SSSR count). The second-order valence-electron chi connectivity index (χ2n) is 4.32. The maximum Gasteiger partial charge on any atom is 0.356 e. The van der Waals surface area contributed by atoms with Gasteiger partial charge in [-0.05, 0) is 25.0 Å². The van der Waals surface area contributed by atoms with Gasteiger partial charge >= 0.3 is 5.97 Å². The van der Waals surface area contributed by atoms with E-state index >= 15 is 0 Å². The van der Waals surface area contributed by atoms with Crippen molar-refractivity contribution in [2.24, 2.45) is 0 Å². The summed E-state index contributed by atoms with van der Waals surface area (Å²) in [5, 5.41) is 12.6. The van der Waals surface area contributed by atoms with Gasteiger partial charge in [0.05, 0.1) is 0 Å². The minimum absolute atomic E-state index is 0.122. The Balaban J connectivity index is 2.15. The number of benzene rings is 1. The molecule has 0 aliphatic carbocycles. The summed E-state index contributed by atoms with van der Waals surface area (Å²) >= 11 is 0. The molecule has 19 heavy (non-hydrogen) atoms. The summed E-state index contributed by atoms with van der Waals surface area (Å²) in [5.41, 5.74) is 1.84. The van der Waals surface area contributed by atoms with Crippen LogP contribution in [-0.4, -0.2) is 20.9 Å². The third-order valence-corrected chi connectivity index (χ3v) is 2.82. The molecule has 0 spiro atoms. The van der Waals surface area contributed by atoms with Crippen LogP contribution in [-0.2, 0) is 13.0 Å². The Morgan fingerprint density at radius 2 is 1.89 bits per heavy atom. The molecule has 0 fully saturated rings. The number of aromatic nitrogens is 2. The number of aryl methyl sites for hydroxylation is 3. The van der Waals surface area contributed by atoms with Crippen molar-refractivity contribution in [2.45, 2.75) is 19.9 Å². The van der Waals surface area contributed by atoms with Gasteiger partial charge in [0.1, 0.15) is 0 Å². The fourth-order valence-electron chi connectivity index (χ4n) is 1.71. The van der Waals surface area contributed by atoms with Crippen molar-refractivity contribution >= 4 is 5.97 Å². The number of carboxylic acids is 1. The first-order valence-electron chi connectivity index (χ1n) is 5.93. The fraction of sp³-hybridized carbons (Fsp3) is 0.214. The summed E-state index contributed by atoms with van der Waals surface area (Å²) < 4.78 is 1.18. The van der Waals surface area contributed by atoms with Crippen molar-refractivity contribution in [3.8, 4) is 0 Å². The van der Waals surface area contributed by atoms with E-state index in [4.69, 9.17) is 5.11 Å². The predicted octanol–water partition coefficient (Wildman–Crippen LogP) is 1.49. The fourth-order valence-corrected chi connectivity index (χ4v) is 1.71. The van der Waals surface area contributed by atoms with E-state index in [2.05, 4.69) is 5.10 Å². The van der Waals surface area contributed by atoms with Crippen LogP contribution in [0.25, 0.3) is 0 Å². The lowest BCUT2D eigenvalue weighted by Gasteiger charge is -2.05. The number of rotatable bonds is 4. The molecule has 0 aliphatic rings. The van der Waals surface area contributed by atoms with Crippen LogP contribution in [0.4, 0.5) is 0 Å². The highest BCUT2D eigenvalue weighted by Crippen LogP contribution is 2.04. The van der Waals surface area contributed by atoms with Crippen LogP contribution in [0.5, 0.6) is 0 Å². The van der Waals surface area contributed by atoms with E-state index in [1.807, 2.05) is 31.2 Å². The Morgan fingerprint density at radius 3 is 2.53 bits per heavy atom.